The SMILES string of the molecule is O=[N+]([O-])/C(=C/Nc1ccc2[nH]c(=S)sc2c1)c1ccccc1. The highest BCUT2D eigenvalue weighted by molar-refractivity contribution is 7.73. The molecule has 0 saturated heterocycles. The van der Waals surface area contributed by atoms with Crippen LogP contribution in [0.1, 0.15) is 5.56 Å². The van der Waals surface area contributed by atoms with Crippen molar-refractivity contribution >= 4 is 45.2 Å². The number of aromatic amines is 1. The number of rotatable bonds is 4. The van der Waals surface area contributed by atoms with E-state index in [4.69, 9.17) is 12.2 Å². The molecule has 110 valence electrons. The van der Waals surface area contributed by atoms with Crippen LogP contribution in [0.2, 0.25) is 0 Å². The lowest BCUT2D eigenvalue weighted by molar-refractivity contribution is -0.375. The number of hydrogen-bond acceptors (Lipinski definition) is 5. The topological polar surface area (TPSA) is 71.0 Å². The molecule has 0 fully saturated rings. The van der Waals surface area contributed by atoms with Crippen molar-refractivity contribution in [3.63, 3.8) is 0 Å². The fraction of sp³-hybridized carbons (Fsp3) is 0. The molecule has 0 saturated carbocycles. The van der Waals surface area contributed by atoms with Gasteiger partial charge in [0.05, 0.1) is 26.9 Å². The molecule has 0 radical (unpaired) electrons. The summed E-state index contributed by atoms with van der Waals surface area (Å²) < 4.78 is 1.71. The average molecular weight is 329 g/mol. The van der Waals surface area contributed by atoms with Crippen molar-refractivity contribution in [2.24, 2.45) is 0 Å². The molecule has 3 rings (SSSR count). The van der Waals surface area contributed by atoms with Crippen molar-refractivity contribution in [2.45, 2.75) is 0 Å². The maximum Gasteiger partial charge on any atom is 0.292 e. The minimum absolute atomic E-state index is 0.0161. The minimum atomic E-state index is -0.402. The van der Waals surface area contributed by atoms with Crippen LogP contribution in [0.15, 0.2) is 54.7 Å². The Morgan fingerprint density at radius 1 is 1.27 bits per heavy atom. The second-order valence-electron chi connectivity index (χ2n) is 4.52. The van der Waals surface area contributed by atoms with E-state index in [0.29, 0.717) is 9.52 Å². The molecule has 1 heterocycles. The first-order valence-corrected chi connectivity index (χ1v) is 7.65. The molecule has 0 atom stereocenters. The standard InChI is InChI=1S/C15H11N3O2S2/c19-18(20)13(10-4-2-1-3-5-10)9-16-11-6-7-12-14(8-11)22-15(21)17-12/h1-9,16H,(H,17,21)/b13-9+. The highest BCUT2D eigenvalue weighted by Gasteiger charge is 2.13. The molecule has 0 amide bonds. The molecule has 0 aliphatic carbocycles. The van der Waals surface area contributed by atoms with Gasteiger partial charge in [0.2, 0.25) is 0 Å². The normalized spacial score (nSPS) is 11.5. The summed E-state index contributed by atoms with van der Waals surface area (Å²) in [4.78, 5) is 13.9. The summed E-state index contributed by atoms with van der Waals surface area (Å²) in [5, 5.41) is 14.2. The Bertz CT molecular complexity index is 913. The van der Waals surface area contributed by atoms with Crippen LogP contribution in [0.4, 0.5) is 5.69 Å². The monoisotopic (exact) mass is 329 g/mol. The number of thiazole rings is 1. The molecule has 22 heavy (non-hydrogen) atoms. The molecular formula is C15H11N3O2S2. The first-order valence-electron chi connectivity index (χ1n) is 6.43. The zero-order valence-electron chi connectivity index (χ0n) is 11.3. The lowest BCUT2D eigenvalue weighted by atomic mass is 10.2. The third-order valence-corrected chi connectivity index (χ3v) is 4.26. The lowest BCUT2D eigenvalue weighted by Gasteiger charge is -2.02. The Balaban J connectivity index is 1.92. The van der Waals surface area contributed by atoms with E-state index in [0.717, 1.165) is 15.9 Å². The van der Waals surface area contributed by atoms with Crippen molar-refractivity contribution in [1.82, 2.24) is 4.98 Å². The maximum absolute atomic E-state index is 11.2. The van der Waals surface area contributed by atoms with Crippen LogP contribution in [0.3, 0.4) is 0 Å². The number of benzene rings is 2. The van der Waals surface area contributed by atoms with E-state index < -0.39 is 4.92 Å². The van der Waals surface area contributed by atoms with E-state index in [1.54, 1.807) is 24.3 Å². The second-order valence-corrected chi connectivity index (χ2v) is 6.24. The number of fused-ring (bicyclic) bond motifs is 1. The summed E-state index contributed by atoms with van der Waals surface area (Å²) >= 11 is 6.57. The molecular weight excluding hydrogens is 318 g/mol. The van der Waals surface area contributed by atoms with E-state index in [9.17, 15) is 10.1 Å². The fourth-order valence-corrected chi connectivity index (χ4v) is 3.19. The van der Waals surface area contributed by atoms with Crippen molar-refractivity contribution in [3.05, 3.63) is 74.4 Å². The predicted octanol–water partition coefficient (Wildman–Crippen LogP) is 4.65. The molecule has 0 aliphatic rings. The van der Waals surface area contributed by atoms with Gasteiger partial charge in [0.25, 0.3) is 5.70 Å². The molecule has 0 unspecified atom stereocenters. The van der Waals surface area contributed by atoms with Gasteiger partial charge in [0.1, 0.15) is 0 Å². The first-order chi connectivity index (χ1) is 10.6. The predicted molar refractivity (Wildman–Crippen MR) is 92.0 cm³/mol. The smallest absolute Gasteiger partial charge is 0.292 e. The number of anilines is 1. The van der Waals surface area contributed by atoms with Gasteiger partial charge in [-0.3, -0.25) is 10.1 Å². The van der Waals surface area contributed by atoms with Gasteiger partial charge in [0.15, 0.2) is 3.95 Å². The molecule has 2 N–H and O–H groups in total. The highest BCUT2D eigenvalue weighted by atomic mass is 32.1. The Labute approximate surface area is 135 Å². The summed E-state index contributed by atoms with van der Waals surface area (Å²) in [5.41, 5.74) is 2.30. The molecule has 2 aromatic carbocycles. The summed E-state index contributed by atoms with van der Waals surface area (Å²) in [6.45, 7) is 0. The highest BCUT2D eigenvalue weighted by Crippen LogP contribution is 2.24. The molecule has 1 aromatic heterocycles. The van der Waals surface area contributed by atoms with Gasteiger partial charge in [-0.2, -0.15) is 0 Å². The minimum Gasteiger partial charge on any atom is -0.356 e. The van der Waals surface area contributed by atoms with Crippen LogP contribution in [0.5, 0.6) is 0 Å². The zero-order valence-corrected chi connectivity index (χ0v) is 12.9. The van der Waals surface area contributed by atoms with E-state index in [-0.39, 0.29) is 5.70 Å². The van der Waals surface area contributed by atoms with E-state index in [1.807, 2.05) is 24.3 Å². The lowest BCUT2D eigenvalue weighted by Crippen LogP contribution is -2.01. The van der Waals surface area contributed by atoms with Crippen molar-refractivity contribution in [3.8, 4) is 0 Å². The van der Waals surface area contributed by atoms with Gasteiger partial charge in [-0.05, 0) is 42.5 Å². The van der Waals surface area contributed by atoms with E-state index >= 15 is 0 Å². The Kier molecular flexibility index (Phi) is 3.99. The fourth-order valence-electron chi connectivity index (χ4n) is 2.04. The number of aromatic nitrogens is 1. The Morgan fingerprint density at radius 3 is 2.77 bits per heavy atom. The molecule has 0 bridgehead atoms. The number of nitrogens with zero attached hydrogens (tertiary/aromatic N) is 1. The third-order valence-electron chi connectivity index (χ3n) is 3.06. The van der Waals surface area contributed by atoms with Gasteiger partial charge in [-0.25, -0.2) is 0 Å². The van der Waals surface area contributed by atoms with Crippen molar-refractivity contribution in [2.75, 3.05) is 5.32 Å². The van der Waals surface area contributed by atoms with Gasteiger partial charge < -0.3 is 10.3 Å². The van der Waals surface area contributed by atoms with Crippen LogP contribution < -0.4 is 5.32 Å². The molecule has 5 nitrogen and oxygen atoms in total. The van der Waals surface area contributed by atoms with Crippen LogP contribution in [-0.4, -0.2) is 9.91 Å². The number of nitrogens with one attached hydrogen (secondary N) is 2. The summed E-state index contributed by atoms with van der Waals surface area (Å²) in [5.74, 6) is 0. The summed E-state index contributed by atoms with van der Waals surface area (Å²) in [6, 6.07) is 14.4. The van der Waals surface area contributed by atoms with Gasteiger partial charge >= 0.3 is 0 Å². The van der Waals surface area contributed by atoms with Crippen LogP contribution in [0, 0.1) is 14.1 Å². The molecule has 7 heteroatoms. The summed E-state index contributed by atoms with van der Waals surface area (Å²) in [6.07, 6.45) is 1.41. The second kappa shape index (κ2) is 6.08. The van der Waals surface area contributed by atoms with Gasteiger partial charge in [-0.1, -0.05) is 18.2 Å². The van der Waals surface area contributed by atoms with Crippen molar-refractivity contribution < 1.29 is 4.92 Å². The first kappa shape index (κ1) is 14.4. The van der Waals surface area contributed by atoms with E-state index in [2.05, 4.69) is 10.3 Å². The van der Waals surface area contributed by atoms with Crippen LogP contribution >= 0.6 is 23.6 Å². The molecule has 0 aliphatic heterocycles. The van der Waals surface area contributed by atoms with Gasteiger partial charge in [-0.15, -0.1) is 11.3 Å². The third kappa shape index (κ3) is 3.05. The molecule has 0 spiro atoms. The maximum atomic E-state index is 11.2. The number of hydrogen-bond donors (Lipinski definition) is 2. The Hall–Kier alpha value is -2.51. The number of nitro groups is 1. The van der Waals surface area contributed by atoms with E-state index in [1.165, 1.54) is 17.5 Å². The Morgan fingerprint density at radius 2 is 2.05 bits per heavy atom. The van der Waals surface area contributed by atoms with Crippen molar-refractivity contribution in [1.29, 1.82) is 0 Å². The average Bonchev–Trinajstić information content (AvgIpc) is 2.87. The van der Waals surface area contributed by atoms with Crippen LogP contribution in [-0.2, 0) is 0 Å². The zero-order chi connectivity index (χ0) is 15.5. The quantitative estimate of drug-likeness (QED) is 0.415. The largest absolute Gasteiger partial charge is 0.356 e. The molecule has 3 aromatic rings. The van der Waals surface area contributed by atoms with Gasteiger partial charge in [0, 0.05) is 5.69 Å². The van der Waals surface area contributed by atoms with Crippen LogP contribution in [0.25, 0.3) is 15.9 Å². The summed E-state index contributed by atoms with van der Waals surface area (Å²) in [7, 11) is 0. The number of H-pyrrole nitrogens is 1.